The minimum Gasteiger partial charge on any atom is -0.497 e. The molecular formula is C22H20N4O3. The van der Waals surface area contributed by atoms with Crippen LogP contribution in [0.25, 0.3) is 0 Å². The van der Waals surface area contributed by atoms with Crippen molar-refractivity contribution in [2.75, 3.05) is 30.9 Å². The summed E-state index contributed by atoms with van der Waals surface area (Å²) in [6.45, 7) is 1.05. The first-order valence-electron chi connectivity index (χ1n) is 8.97. The largest absolute Gasteiger partial charge is 0.497 e. The highest BCUT2D eigenvalue weighted by atomic mass is 16.5. The SMILES string of the molecule is COc1ccc(OCCNc2ccc(C(=O)Nc3ccccc3C#N)nc2)cc1. The van der Waals surface area contributed by atoms with E-state index in [0.29, 0.717) is 24.4 Å². The first-order chi connectivity index (χ1) is 14.2. The van der Waals surface area contributed by atoms with Crippen LogP contribution in [0.4, 0.5) is 11.4 Å². The molecular weight excluding hydrogens is 368 g/mol. The molecule has 1 heterocycles. The van der Waals surface area contributed by atoms with Gasteiger partial charge in [-0.2, -0.15) is 5.26 Å². The molecule has 0 bridgehead atoms. The smallest absolute Gasteiger partial charge is 0.274 e. The van der Waals surface area contributed by atoms with Crippen molar-refractivity contribution in [2.45, 2.75) is 0 Å². The van der Waals surface area contributed by atoms with Gasteiger partial charge in [0.05, 0.1) is 30.2 Å². The van der Waals surface area contributed by atoms with Crippen molar-refractivity contribution in [3.8, 4) is 17.6 Å². The van der Waals surface area contributed by atoms with Crippen LogP contribution in [0.5, 0.6) is 11.5 Å². The molecule has 0 unspecified atom stereocenters. The number of hydrogen-bond acceptors (Lipinski definition) is 6. The first kappa shape index (κ1) is 19.7. The lowest BCUT2D eigenvalue weighted by Crippen LogP contribution is -2.15. The molecule has 146 valence electrons. The van der Waals surface area contributed by atoms with Crippen LogP contribution in [0.2, 0.25) is 0 Å². The first-order valence-corrected chi connectivity index (χ1v) is 8.97. The molecule has 3 rings (SSSR count). The lowest BCUT2D eigenvalue weighted by molar-refractivity contribution is 0.102. The number of nitriles is 1. The molecule has 1 aromatic heterocycles. The van der Waals surface area contributed by atoms with Crippen LogP contribution in [0.1, 0.15) is 16.1 Å². The second-order valence-electron chi connectivity index (χ2n) is 5.99. The number of hydrogen-bond donors (Lipinski definition) is 2. The number of aromatic nitrogens is 1. The van der Waals surface area contributed by atoms with Crippen LogP contribution in [0.3, 0.4) is 0 Å². The minimum absolute atomic E-state index is 0.262. The average molecular weight is 388 g/mol. The Morgan fingerprint density at radius 1 is 1.07 bits per heavy atom. The third-order valence-electron chi connectivity index (χ3n) is 4.05. The van der Waals surface area contributed by atoms with Gasteiger partial charge in [0.25, 0.3) is 5.91 Å². The van der Waals surface area contributed by atoms with E-state index >= 15 is 0 Å². The maximum atomic E-state index is 12.3. The summed E-state index contributed by atoms with van der Waals surface area (Å²) in [6.07, 6.45) is 1.58. The summed E-state index contributed by atoms with van der Waals surface area (Å²) in [5, 5.41) is 15.0. The quantitative estimate of drug-likeness (QED) is 0.571. The van der Waals surface area contributed by atoms with E-state index in [2.05, 4.69) is 15.6 Å². The Kier molecular flexibility index (Phi) is 6.63. The normalized spacial score (nSPS) is 9.93. The third kappa shape index (κ3) is 5.47. The Balaban J connectivity index is 1.48. The van der Waals surface area contributed by atoms with Crippen molar-refractivity contribution in [3.63, 3.8) is 0 Å². The lowest BCUT2D eigenvalue weighted by Gasteiger charge is -2.10. The van der Waals surface area contributed by atoms with Gasteiger partial charge in [-0.05, 0) is 48.5 Å². The predicted octanol–water partition coefficient (Wildman–Crippen LogP) is 3.71. The van der Waals surface area contributed by atoms with Crippen molar-refractivity contribution in [1.82, 2.24) is 4.98 Å². The summed E-state index contributed by atoms with van der Waals surface area (Å²) in [4.78, 5) is 16.5. The lowest BCUT2D eigenvalue weighted by atomic mass is 10.2. The number of carbonyl (C=O) groups is 1. The summed E-state index contributed by atoms with van der Waals surface area (Å²) in [5.41, 5.74) is 1.89. The van der Waals surface area contributed by atoms with Crippen LogP contribution in [0, 0.1) is 11.3 Å². The van der Waals surface area contributed by atoms with E-state index in [4.69, 9.17) is 14.7 Å². The predicted molar refractivity (Wildman–Crippen MR) is 110 cm³/mol. The van der Waals surface area contributed by atoms with Gasteiger partial charge >= 0.3 is 0 Å². The zero-order chi connectivity index (χ0) is 20.5. The number of para-hydroxylation sites is 1. The highest BCUT2D eigenvalue weighted by Gasteiger charge is 2.10. The zero-order valence-electron chi connectivity index (χ0n) is 15.9. The van der Waals surface area contributed by atoms with E-state index in [1.165, 1.54) is 0 Å². The number of amides is 1. The second-order valence-corrected chi connectivity index (χ2v) is 5.99. The maximum Gasteiger partial charge on any atom is 0.274 e. The molecule has 1 amide bonds. The molecule has 3 aromatic rings. The van der Waals surface area contributed by atoms with Gasteiger partial charge in [-0.1, -0.05) is 12.1 Å². The zero-order valence-corrected chi connectivity index (χ0v) is 15.9. The average Bonchev–Trinajstić information content (AvgIpc) is 2.78. The fourth-order valence-electron chi connectivity index (χ4n) is 2.54. The number of ether oxygens (including phenoxy) is 2. The Morgan fingerprint density at radius 3 is 2.52 bits per heavy atom. The molecule has 0 aliphatic carbocycles. The van der Waals surface area contributed by atoms with Gasteiger partial charge in [-0.3, -0.25) is 4.79 Å². The van der Waals surface area contributed by atoms with Gasteiger partial charge in [0.15, 0.2) is 0 Å². The van der Waals surface area contributed by atoms with Crippen LogP contribution in [0.15, 0.2) is 66.9 Å². The summed E-state index contributed by atoms with van der Waals surface area (Å²) in [5.74, 6) is 1.17. The third-order valence-corrected chi connectivity index (χ3v) is 4.05. The summed E-state index contributed by atoms with van der Waals surface area (Å²) < 4.78 is 10.8. The number of carbonyl (C=O) groups excluding carboxylic acids is 1. The van der Waals surface area contributed by atoms with E-state index < -0.39 is 0 Å². The highest BCUT2D eigenvalue weighted by molar-refractivity contribution is 6.03. The molecule has 0 saturated heterocycles. The van der Waals surface area contributed by atoms with Crippen molar-refractivity contribution < 1.29 is 14.3 Å². The topological polar surface area (TPSA) is 96.3 Å². The number of nitrogens with one attached hydrogen (secondary N) is 2. The number of nitrogens with zero attached hydrogens (tertiary/aromatic N) is 2. The molecule has 2 N–H and O–H groups in total. The van der Waals surface area contributed by atoms with Gasteiger partial charge in [0.2, 0.25) is 0 Å². The molecule has 7 heteroatoms. The van der Waals surface area contributed by atoms with E-state index in [-0.39, 0.29) is 11.6 Å². The monoisotopic (exact) mass is 388 g/mol. The molecule has 0 saturated carbocycles. The minimum atomic E-state index is -0.373. The summed E-state index contributed by atoms with van der Waals surface area (Å²) in [6, 6.07) is 19.6. The summed E-state index contributed by atoms with van der Waals surface area (Å²) in [7, 11) is 1.62. The molecule has 29 heavy (non-hydrogen) atoms. The van der Waals surface area contributed by atoms with Crippen LogP contribution >= 0.6 is 0 Å². The number of methoxy groups -OCH3 is 1. The molecule has 0 aliphatic rings. The maximum absolute atomic E-state index is 12.3. The Morgan fingerprint density at radius 2 is 1.83 bits per heavy atom. The second kappa shape index (κ2) is 9.76. The van der Waals surface area contributed by atoms with E-state index in [1.54, 1.807) is 49.7 Å². The van der Waals surface area contributed by atoms with Crippen molar-refractivity contribution in [3.05, 3.63) is 78.1 Å². The standard InChI is InChI=1S/C22H20N4O3/c1-28-18-7-9-19(10-8-18)29-13-12-24-17-6-11-21(25-15-17)22(27)26-20-5-3-2-4-16(20)14-23/h2-11,15,24H,12-13H2,1H3,(H,26,27). The summed E-state index contributed by atoms with van der Waals surface area (Å²) >= 11 is 0. The Hall–Kier alpha value is -4.05. The van der Waals surface area contributed by atoms with Crippen molar-refractivity contribution >= 4 is 17.3 Å². The molecule has 0 radical (unpaired) electrons. The molecule has 2 aromatic carbocycles. The number of benzene rings is 2. The van der Waals surface area contributed by atoms with Crippen LogP contribution in [-0.2, 0) is 0 Å². The number of anilines is 2. The van der Waals surface area contributed by atoms with Gasteiger partial charge in [-0.25, -0.2) is 4.98 Å². The van der Waals surface area contributed by atoms with Gasteiger partial charge < -0.3 is 20.1 Å². The molecule has 0 spiro atoms. The van der Waals surface area contributed by atoms with E-state index in [1.807, 2.05) is 30.3 Å². The van der Waals surface area contributed by atoms with Crippen molar-refractivity contribution in [2.24, 2.45) is 0 Å². The van der Waals surface area contributed by atoms with Gasteiger partial charge in [0, 0.05) is 6.54 Å². The van der Waals surface area contributed by atoms with Crippen LogP contribution in [-0.4, -0.2) is 31.2 Å². The van der Waals surface area contributed by atoms with Gasteiger partial charge in [0.1, 0.15) is 29.9 Å². The molecule has 7 nitrogen and oxygen atoms in total. The van der Waals surface area contributed by atoms with E-state index in [0.717, 1.165) is 17.2 Å². The fraction of sp³-hybridized carbons (Fsp3) is 0.136. The van der Waals surface area contributed by atoms with Crippen LogP contribution < -0.4 is 20.1 Å². The Bertz CT molecular complexity index is 996. The highest BCUT2D eigenvalue weighted by Crippen LogP contribution is 2.17. The van der Waals surface area contributed by atoms with Crippen molar-refractivity contribution in [1.29, 1.82) is 5.26 Å². The van der Waals surface area contributed by atoms with E-state index in [9.17, 15) is 4.79 Å². The number of rotatable bonds is 8. The van der Waals surface area contributed by atoms with Gasteiger partial charge in [-0.15, -0.1) is 0 Å². The molecule has 0 fully saturated rings. The fourth-order valence-corrected chi connectivity index (χ4v) is 2.54. The Labute approximate surface area is 168 Å². The molecule has 0 atom stereocenters. The molecule has 0 aliphatic heterocycles. The number of pyridine rings is 1.